The summed E-state index contributed by atoms with van der Waals surface area (Å²) in [5.74, 6) is -1.58. The summed E-state index contributed by atoms with van der Waals surface area (Å²) < 4.78 is 5.24. The second-order valence-electron chi connectivity index (χ2n) is 5.89. The van der Waals surface area contributed by atoms with Gasteiger partial charge in [-0.15, -0.1) is 11.3 Å². The van der Waals surface area contributed by atoms with E-state index < -0.39 is 17.8 Å². The molecule has 0 spiro atoms. The first-order valence-electron chi connectivity index (χ1n) is 8.19. The summed E-state index contributed by atoms with van der Waals surface area (Å²) in [6.45, 7) is 3.74. The van der Waals surface area contributed by atoms with Crippen molar-refractivity contribution in [2.75, 3.05) is 18.5 Å². The van der Waals surface area contributed by atoms with E-state index in [1.54, 1.807) is 5.38 Å². The van der Waals surface area contributed by atoms with Crippen LogP contribution in [0.15, 0.2) is 23.6 Å². The minimum Gasteiger partial charge on any atom is -0.456 e. The standard InChI is InChI=1S/C18H17N3O5S/c1-4-21(10(2)22)18-19-12(9-27-18)8-26-17(25)11-5-6-13-14(7-11)16(24)20(3)15(13)23/h5-7,9H,4,8H2,1-3H3. The largest absolute Gasteiger partial charge is 0.456 e. The molecule has 0 aliphatic carbocycles. The Labute approximate surface area is 159 Å². The Morgan fingerprint density at radius 2 is 1.93 bits per heavy atom. The summed E-state index contributed by atoms with van der Waals surface area (Å²) in [5.41, 5.74) is 1.16. The highest BCUT2D eigenvalue weighted by Crippen LogP contribution is 2.24. The van der Waals surface area contributed by atoms with Crippen LogP contribution in [-0.2, 0) is 16.1 Å². The van der Waals surface area contributed by atoms with Crippen molar-refractivity contribution in [3.05, 3.63) is 46.0 Å². The molecule has 27 heavy (non-hydrogen) atoms. The Kier molecular flexibility index (Phi) is 5.04. The summed E-state index contributed by atoms with van der Waals surface area (Å²) >= 11 is 1.29. The third-order valence-corrected chi connectivity index (χ3v) is 5.06. The number of amides is 3. The first-order chi connectivity index (χ1) is 12.8. The van der Waals surface area contributed by atoms with Gasteiger partial charge in [0.2, 0.25) is 5.91 Å². The van der Waals surface area contributed by atoms with Gasteiger partial charge in [-0.1, -0.05) is 0 Å². The molecule has 1 aromatic carbocycles. The fourth-order valence-corrected chi connectivity index (χ4v) is 3.61. The molecule has 0 radical (unpaired) electrons. The molecule has 0 bridgehead atoms. The number of nitrogens with zero attached hydrogens (tertiary/aromatic N) is 3. The van der Waals surface area contributed by atoms with Gasteiger partial charge in [0.1, 0.15) is 6.61 Å². The number of rotatable bonds is 5. The molecule has 2 aromatic rings. The number of anilines is 1. The maximum Gasteiger partial charge on any atom is 0.338 e. The van der Waals surface area contributed by atoms with Crippen molar-refractivity contribution < 1.29 is 23.9 Å². The molecular weight excluding hydrogens is 370 g/mol. The lowest BCUT2D eigenvalue weighted by molar-refractivity contribution is -0.116. The summed E-state index contributed by atoms with van der Waals surface area (Å²) in [4.78, 5) is 54.6. The zero-order valence-corrected chi connectivity index (χ0v) is 15.8. The summed E-state index contributed by atoms with van der Waals surface area (Å²) in [5, 5.41) is 2.26. The SMILES string of the molecule is CCN(C(C)=O)c1nc(COC(=O)c2ccc3c(c2)C(=O)N(C)C3=O)cs1. The third kappa shape index (κ3) is 3.45. The Balaban J connectivity index is 1.69. The van der Waals surface area contributed by atoms with Crippen molar-refractivity contribution in [3.63, 3.8) is 0 Å². The number of carbonyl (C=O) groups is 4. The molecule has 0 unspecified atom stereocenters. The Hall–Kier alpha value is -3.07. The molecule has 2 heterocycles. The molecule has 9 heteroatoms. The smallest absolute Gasteiger partial charge is 0.338 e. The van der Waals surface area contributed by atoms with Crippen LogP contribution in [0, 0.1) is 0 Å². The van der Waals surface area contributed by atoms with Crippen molar-refractivity contribution in [1.29, 1.82) is 0 Å². The van der Waals surface area contributed by atoms with Gasteiger partial charge in [-0.25, -0.2) is 9.78 Å². The van der Waals surface area contributed by atoms with E-state index in [0.717, 1.165) is 4.90 Å². The van der Waals surface area contributed by atoms with Crippen LogP contribution in [0.5, 0.6) is 0 Å². The van der Waals surface area contributed by atoms with E-state index in [2.05, 4.69) is 4.98 Å². The van der Waals surface area contributed by atoms with E-state index in [1.807, 2.05) is 6.92 Å². The second-order valence-corrected chi connectivity index (χ2v) is 6.73. The molecule has 0 saturated carbocycles. The minimum absolute atomic E-state index is 0.0609. The van der Waals surface area contributed by atoms with Gasteiger partial charge in [-0.3, -0.25) is 24.2 Å². The molecule has 0 N–H and O–H groups in total. The number of imide groups is 1. The van der Waals surface area contributed by atoms with Crippen molar-refractivity contribution in [3.8, 4) is 0 Å². The fraction of sp³-hybridized carbons (Fsp3) is 0.278. The molecule has 1 aromatic heterocycles. The van der Waals surface area contributed by atoms with Gasteiger partial charge in [-0.2, -0.15) is 0 Å². The van der Waals surface area contributed by atoms with Crippen molar-refractivity contribution in [1.82, 2.24) is 9.88 Å². The molecule has 0 saturated heterocycles. The van der Waals surface area contributed by atoms with Gasteiger partial charge >= 0.3 is 5.97 Å². The quantitative estimate of drug-likeness (QED) is 0.576. The van der Waals surface area contributed by atoms with Crippen molar-refractivity contribution >= 4 is 40.2 Å². The maximum atomic E-state index is 12.3. The van der Waals surface area contributed by atoms with Crippen LogP contribution in [0.25, 0.3) is 0 Å². The van der Waals surface area contributed by atoms with Gasteiger partial charge in [0, 0.05) is 25.9 Å². The lowest BCUT2D eigenvalue weighted by atomic mass is 10.1. The van der Waals surface area contributed by atoms with Gasteiger partial charge in [0.05, 0.1) is 22.4 Å². The molecule has 1 aliphatic heterocycles. The van der Waals surface area contributed by atoms with Gasteiger partial charge < -0.3 is 4.74 Å². The van der Waals surface area contributed by atoms with Crippen molar-refractivity contribution in [2.45, 2.75) is 20.5 Å². The van der Waals surface area contributed by atoms with Gasteiger partial charge in [0.25, 0.3) is 11.8 Å². The van der Waals surface area contributed by atoms with E-state index in [0.29, 0.717) is 17.4 Å². The van der Waals surface area contributed by atoms with E-state index >= 15 is 0 Å². The summed E-state index contributed by atoms with van der Waals surface area (Å²) in [6, 6.07) is 4.26. The number of hydrogen-bond acceptors (Lipinski definition) is 7. The number of esters is 1. The Morgan fingerprint density at radius 3 is 2.59 bits per heavy atom. The van der Waals surface area contributed by atoms with Crippen LogP contribution in [-0.4, -0.2) is 47.2 Å². The predicted molar refractivity (Wildman–Crippen MR) is 97.8 cm³/mol. The van der Waals surface area contributed by atoms with E-state index in [1.165, 1.54) is 48.4 Å². The van der Waals surface area contributed by atoms with Crippen LogP contribution in [0.1, 0.15) is 50.6 Å². The number of carbonyl (C=O) groups excluding carboxylic acids is 4. The second kappa shape index (κ2) is 7.28. The summed E-state index contributed by atoms with van der Waals surface area (Å²) in [6.07, 6.45) is 0. The number of fused-ring (bicyclic) bond motifs is 1. The summed E-state index contributed by atoms with van der Waals surface area (Å²) in [7, 11) is 1.39. The number of benzene rings is 1. The Morgan fingerprint density at radius 1 is 1.22 bits per heavy atom. The maximum absolute atomic E-state index is 12.3. The number of aromatic nitrogens is 1. The van der Waals surface area contributed by atoms with E-state index in [-0.39, 0.29) is 29.2 Å². The molecule has 140 valence electrons. The topological polar surface area (TPSA) is 96.9 Å². The van der Waals surface area contributed by atoms with Crippen LogP contribution in [0.4, 0.5) is 5.13 Å². The van der Waals surface area contributed by atoms with Crippen LogP contribution in [0.2, 0.25) is 0 Å². The lowest BCUT2D eigenvalue weighted by Crippen LogP contribution is -2.27. The van der Waals surface area contributed by atoms with Gasteiger partial charge in [0.15, 0.2) is 5.13 Å². The monoisotopic (exact) mass is 387 g/mol. The van der Waals surface area contributed by atoms with Crippen LogP contribution in [0.3, 0.4) is 0 Å². The highest BCUT2D eigenvalue weighted by molar-refractivity contribution is 7.14. The zero-order chi connectivity index (χ0) is 19.7. The number of ether oxygens (including phenoxy) is 1. The molecule has 0 atom stereocenters. The molecule has 3 amide bonds. The van der Waals surface area contributed by atoms with E-state index in [9.17, 15) is 19.2 Å². The highest BCUT2D eigenvalue weighted by atomic mass is 32.1. The minimum atomic E-state index is -0.624. The first kappa shape index (κ1) is 18.7. The average molecular weight is 387 g/mol. The lowest BCUT2D eigenvalue weighted by Gasteiger charge is -2.14. The van der Waals surface area contributed by atoms with Crippen LogP contribution >= 0.6 is 11.3 Å². The van der Waals surface area contributed by atoms with E-state index in [4.69, 9.17) is 4.74 Å². The Bertz CT molecular complexity index is 952. The molecule has 0 fully saturated rings. The normalized spacial score (nSPS) is 12.9. The molecule has 3 rings (SSSR count). The molecule has 1 aliphatic rings. The predicted octanol–water partition coefficient (Wildman–Crippen LogP) is 2.10. The third-order valence-electron chi connectivity index (χ3n) is 4.14. The van der Waals surface area contributed by atoms with Crippen LogP contribution < -0.4 is 4.90 Å². The number of hydrogen-bond donors (Lipinski definition) is 0. The highest BCUT2D eigenvalue weighted by Gasteiger charge is 2.33. The zero-order valence-electron chi connectivity index (χ0n) is 15.0. The van der Waals surface area contributed by atoms with Gasteiger partial charge in [-0.05, 0) is 25.1 Å². The molecular formula is C18H17N3O5S. The first-order valence-corrected chi connectivity index (χ1v) is 9.07. The average Bonchev–Trinajstić information content (AvgIpc) is 3.19. The van der Waals surface area contributed by atoms with Crippen molar-refractivity contribution in [2.24, 2.45) is 0 Å². The molecule has 8 nitrogen and oxygen atoms in total. The fourth-order valence-electron chi connectivity index (χ4n) is 2.69. The number of thiazole rings is 1.